The molecule has 2 atom stereocenters. The normalized spacial score (nSPS) is 12.9. The first kappa shape index (κ1) is 52.3. The maximum atomic E-state index is 12.4. The van der Waals surface area contributed by atoms with Crippen LogP contribution in [0.4, 0.5) is 0 Å². The van der Waals surface area contributed by atoms with Gasteiger partial charge in [-0.15, -0.1) is 0 Å². The summed E-state index contributed by atoms with van der Waals surface area (Å²) in [7, 11) is 0. The van der Waals surface area contributed by atoms with Crippen LogP contribution in [0.2, 0.25) is 0 Å². The van der Waals surface area contributed by atoms with E-state index in [0.717, 1.165) is 70.6 Å². The molecule has 0 aliphatic heterocycles. The molecule has 0 aromatic rings. The second-order valence-electron chi connectivity index (χ2n) is 16.1. The molecule has 0 rings (SSSR count). The van der Waals surface area contributed by atoms with Crippen molar-refractivity contribution < 1.29 is 24.5 Å². The van der Waals surface area contributed by atoms with E-state index in [0.29, 0.717) is 19.4 Å². The van der Waals surface area contributed by atoms with Crippen LogP contribution in [0.15, 0.2) is 24.3 Å². The fourth-order valence-corrected chi connectivity index (χ4v) is 7.05. The summed E-state index contributed by atoms with van der Waals surface area (Å²) < 4.78 is 5.43. The van der Waals surface area contributed by atoms with Gasteiger partial charge in [0.15, 0.2) is 0 Å². The molecule has 0 aromatic carbocycles. The molecule has 6 nitrogen and oxygen atoms in total. The quantitative estimate of drug-likeness (QED) is 0.0327. The second-order valence-corrected chi connectivity index (χ2v) is 16.1. The van der Waals surface area contributed by atoms with Gasteiger partial charge >= 0.3 is 5.97 Å². The molecule has 318 valence electrons. The largest absolute Gasteiger partial charge is 0.466 e. The van der Waals surface area contributed by atoms with Crippen molar-refractivity contribution in [2.75, 3.05) is 13.2 Å². The molecule has 2 unspecified atom stereocenters. The van der Waals surface area contributed by atoms with Crippen molar-refractivity contribution >= 4 is 11.9 Å². The van der Waals surface area contributed by atoms with Crippen LogP contribution in [-0.4, -0.2) is 47.4 Å². The summed E-state index contributed by atoms with van der Waals surface area (Å²) in [5.74, 6) is -0.165. The second kappa shape index (κ2) is 44.1. The molecule has 0 aliphatic carbocycles. The number of carbonyl (C=O) groups is 2. The van der Waals surface area contributed by atoms with Gasteiger partial charge in [0.05, 0.1) is 25.4 Å². The lowest BCUT2D eigenvalue weighted by Gasteiger charge is -2.19. The topological polar surface area (TPSA) is 95.9 Å². The predicted molar refractivity (Wildman–Crippen MR) is 232 cm³/mol. The molecule has 0 saturated heterocycles. The molecule has 0 heterocycles. The van der Waals surface area contributed by atoms with Gasteiger partial charge in [0.25, 0.3) is 0 Å². The lowest BCUT2D eigenvalue weighted by atomic mass is 10.0. The Morgan fingerprint density at radius 2 is 0.889 bits per heavy atom. The average Bonchev–Trinajstić information content (AvgIpc) is 3.17. The highest BCUT2D eigenvalue weighted by atomic mass is 16.5. The first-order valence-corrected chi connectivity index (χ1v) is 23.6. The highest BCUT2D eigenvalue weighted by Gasteiger charge is 2.17. The third-order valence-corrected chi connectivity index (χ3v) is 10.7. The minimum atomic E-state index is -0.873. The zero-order chi connectivity index (χ0) is 39.4. The predicted octanol–water partition coefficient (Wildman–Crippen LogP) is 13.6. The fraction of sp³-hybridized carbons (Fsp3) is 0.875. The number of esters is 1. The Balaban J connectivity index is 3.58. The maximum Gasteiger partial charge on any atom is 0.305 e. The van der Waals surface area contributed by atoms with Crippen molar-refractivity contribution in [3.05, 3.63) is 24.3 Å². The molecule has 0 radical (unpaired) electrons. The minimum Gasteiger partial charge on any atom is -0.466 e. The molecule has 0 bridgehead atoms. The molecule has 3 N–H and O–H groups in total. The van der Waals surface area contributed by atoms with Gasteiger partial charge in [0.1, 0.15) is 0 Å². The monoisotopic (exact) mass is 762 g/mol. The molecule has 54 heavy (non-hydrogen) atoms. The van der Waals surface area contributed by atoms with Crippen molar-refractivity contribution in [3.8, 4) is 0 Å². The smallest absolute Gasteiger partial charge is 0.305 e. The Morgan fingerprint density at radius 3 is 1.35 bits per heavy atom. The number of aliphatic hydroxyl groups excluding tert-OH is 2. The zero-order valence-corrected chi connectivity index (χ0v) is 36.0. The molecular formula is C48H91NO5. The van der Waals surface area contributed by atoms with Crippen molar-refractivity contribution in [1.29, 1.82) is 0 Å². The minimum absolute atomic E-state index is 0.0364. The van der Waals surface area contributed by atoms with E-state index in [1.54, 1.807) is 6.08 Å². The lowest BCUT2D eigenvalue weighted by Crippen LogP contribution is -2.45. The summed E-state index contributed by atoms with van der Waals surface area (Å²) in [5, 5.41) is 22.9. The summed E-state index contributed by atoms with van der Waals surface area (Å²) >= 11 is 0. The van der Waals surface area contributed by atoms with Crippen molar-refractivity contribution in [2.24, 2.45) is 0 Å². The van der Waals surface area contributed by atoms with Gasteiger partial charge in [0, 0.05) is 12.8 Å². The van der Waals surface area contributed by atoms with Crippen LogP contribution >= 0.6 is 0 Å². The molecule has 1 amide bonds. The van der Waals surface area contributed by atoms with Crippen molar-refractivity contribution in [3.63, 3.8) is 0 Å². The summed E-state index contributed by atoms with van der Waals surface area (Å²) in [6.45, 7) is 4.80. The Hall–Kier alpha value is -1.66. The molecule has 0 aromatic heterocycles. The molecule has 0 saturated carbocycles. The van der Waals surface area contributed by atoms with E-state index >= 15 is 0 Å². The van der Waals surface area contributed by atoms with E-state index < -0.39 is 12.1 Å². The van der Waals surface area contributed by atoms with E-state index in [2.05, 4.69) is 31.3 Å². The van der Waals surface area contributed by atoms with Crippen molar-refractivity contribution in [2.45, 2.75) is 257 Å². The molecule has 0 aliphatic rings. The molecule has 6 heteroatoms. The maximum absolute atomic E-state index is 12.4. The Bertz CT molecular complexity index is 843. The average molecular weight is 762 g/mol. The van der Waals surface area contributed by atoms with Gasteiger partial charge in [-0.1, -0.05) is 205 Å². The van der Waals surface area contributed by atoms with Crippen LogP contribution < -0.4 is 5.32 Å². The van der Waals surface area contributed by atoms with Gasteiger partial charge in [-0.05, 0) is 51.4 Å². The summed E-state index contributed by atoms with van der Waals surface area (Å²) in [4.78, 5) is 24.4. The SMILES string of the molecule is CCCCCCCCCCCCCC/C=C/C(O)C(CO)NC(=O)CCC/C=C\CCCCCCOC(=O)CCCCCCCCCCCCCCCC. The van der Waals surface area contributed by atoms with E-state index in [4.69, 9.17) is 4.74 Å². The van der Waals surface area contributed by atoms with E-state index in [-0.39, 0.29) is 18.5 Å². The standard InChI is InChI=1S/C48H91NO5/c1-3-5-7-9-11-13-15-17-19-21-24-28-32-36-40-46(51)45(44-50)49-47(52)41-37-33-29-25-23-27-31-35-39-43-54-48(53)42-38-34-30-26-22-20-18-16-14-12-10-8-6-4-2/h25,29,36,40,45-46,50-51H,3-24,26-28,30-35,37-39,41-44H2,1-2H3,(H,49,52)/b29-25-,40-36+. The number of ether oxygens (including phenoxy) is 1. The number of amides is 1. The zero-order valence-electron chi connectivity index (χ0n) is 36.0. The summed E-state index contributed by atoms with van der Waals surface area (Å²) in [6.07, 6.45) is 50.3. The number of unbranched alkanes of at least 4 members (excludes halogenated alkanes) is 30. The Morgan fingerprint density at radius 1 is 0.500 bits per heavy atom. The van der Waals surface area contributed by atoms with Gasteiger partial charge in [0.2, 0.25) is 5.91 Å². The fourth-order valence-electron chi connectivity index (χ4n) is 7.05. The van der Waals surface area contributed by atoms with Crippen molar-refractivity contribution in [1.82, 2.24) is 5.32 Å². The van der Waals surface area contributed by atoms with Gasteiger partial charge in [-0.3, -0.25) is 9.59 Å². The Labute approximate surface area is 335 Å². The van der Waals surface area contributed by atoms with E-state index in [1.165, 1.54) is 148 Å². The summed E-state index contributed by atoms with van der Waals surface area (Å²) in [6, 6.07) is -0.663. The van der Waals surface area contributed by atoms with Gasteiger partial charge in [-0.2, -0.15) is 0 Å². The van der Waals surface area contributed by atoms with Crippen LogP contribution in [0.5, 0.6) is 0 Å². The van der Waals surface area contributed by atoms with Gasteiger partial charge in [-0.25, -0.2) is 0 Å². The number of nitrogens with one attached hydrogen (secondary N) is 1. The first-order valence-electron chi connectivity index (χ1n) is 23.6. The first-order chi connectivity index (χ1) is 26.5. The van der Waals surface area contributed by atoms with Crippen LogP contribution in [0, 0.1) is 0 Å². The van der Waals surface area contributed by atoms with Crippen LogP contribution in [0.3, 0.4) is 0 Å². The number of hydrogen-bond acceptors (Lipinski definition) is 5. The molecule has 0 fully saturated rings. The highest BCUT2D eigenvalue weighted by molar-refractivity contribution is 5.76. The third-order valence-electron chi connectivity index (χ3n) is 10.7. The lowest BCUT2D eigenvalue weighted by molar-refractivity contribution is -0.143. The van der Waals surface area contributed by atoms with E-state index in [1.807, 2.05) is 6.08 Å². The summed E-state index contributed by atoms with van der Waals surface area (Å²) in [5.41, 5.74) is 0. The highest BCUT2D eigenvalue weighted by Crippen LogP contribution is 2.15. The number of allylic oxidation sites excluding steroid dienone is 3. The van der Waals surface area contributed by atoms with Crippen LogP contribution in [-0.2, 0) is 14.3 Å². The van der Waals surface area contributed by atoms with E-state index in [9.17, 15) is 19.8 Å². The van der Waals surface area contributed by atoms with Crippen LogP contribution in [0.1, 0.15) is 245 Å². The number of rotatable bonds is 43. The number of aliphatic hydroxyl groups is 2. The molecular weight excluding hydrogens is 671 g/mol. The van der Waals surface area contributed by atoms with Gasteiger partial charge < -0.3 is 20.3 Å². The Kier molecular flexibility index (Phi) is 42.7. The molecule has 0 spiro atoms. The number of carbonyl (C=O) groups excluding carboxylic acids is 2. The third kappa shape index (κ3) is 40.0. The van der Waals surface area contributed by atoms with Crippen LogP contribution in [0.25, 0.3) is 0 Å². The number of hydrogen-bond donors (Lipinski definition) is 3.